The fraction of sp³-hybridized carbons (Fsp3) is 0.821. The fourth-order valence-electron chi connectivity index (χ4n) is 5.54. The summed E-state index contributed by atoms with van der Waals surface area (Å²) < 4.78 is -0.439. The van der Waals surface area contributed by atoms with E-state index in [1.54, 1.807) is 0 Å². The van der Waals surface area contributed by atoms with Crippen LogP contribution in [0.2, 0.25) is 0 Å². The van der Waals surface area contributed by atoms with Gasteiger partial charge in [-0.1, -0.05) is 71.8 Å². The Bertz CT molecular complexity index is 561. The SMILES string of the molecule is C=CCCCCCCCCCCC[N+](C(CCC)C(=O)[O-])(C(CCC)C(=O)O)C(CCC)C(=O)O. The lowest BCUT2D eigenvalue weighted by molar-refractivity contribution is -0.975. The molecule has 0 aromatic rings. The second-order valence-corrected chi connectivity index (χ2v) is 9.89. The number of rotatable bonds is 24. The first-order valence-electron chi connectivity index (χ1n) is 13.9. The summed E-state index contributed by atoms with van der Waals surface area (Å²) in [7, 11) is 0. The van der Waals surface area contributed by atoms with Crippen LogP contribution in [0.5, 0.6) is 0 Å². The van der Waals surface area contributed by atoms with E-state index in [9.17, 15) is 29.7 Å². The molecule has 0 aliphatic carbocycles. The molecule has 3 atom stereocenters. The lowest BCUT2D eigenvalue weighted by atomic mass is 9.91. The van der Waals surface area contributed by atoms with E-state index in [1.165, 1.54) is 25.7 Å². The molecule has 0 spiro atoms. The molecule has 0 aliphatic rings. The molecule has 0 amide bonds. The monoisotopic (exact) mass is 497 g/mol. The van der Waals surface area contributed by atoms with E-state index in [-0.39, 0.29) is 25.8 Å². The Labute approximate surface area is 213 Å². The molecule has 2 N–H and O–H groups in total. The fourth-order valence-corrected chi connectivity index (χ4v) is 5.54. The molecule has 35 heavy (non-hydrogen) atoms. The van der Waals surface area contributed by atoms with Gasteiger partial charge in [-0.25, -0.2) is 9.59 Å². The van der Waals surface area contributed by atoms with E-state index in [1.807, 2.05) is 26.8 Å². The third-order valence-corrected chi connectivity index (χ3v) is 7.22. The van der Waals surface area contributed by atoms with Gasteiger partial charge in [-0.15, -0.1) is 6.58 Å². The number of quaternary nitrogens is 1. The van der Waals surface area contributed by atoms with Crippen molar-refractivity contribution in [3.63, 3.8) is 0 Å². The van der Waals surface area contributed by atoms with Gasteiger partial charge in [0.15, 0.2) is 12.1 Å². The number of nitrogens with zero attached hydrogens (tertiary/aromatic N) is 1. The average Bonchev–Trinajstić information content (AvgIpc) is 2.81. The quantitative estimate of drug-likeness (QED) is 0.106. The van der Waals surface area contributed by atoms with Crippen molar-refractivity contribution in [1.82, 2.24) is 0 Å². The summed E-state index contributed by atoms with van der Waals surface area (Å²) in [6, 6.07) is -3.33. The van der Waals surface area contributed by atoms with Gasteiger partial charge in [0, 0.05) is 19.3 Å². The molecule has 204 valence electrons. The predicted molar refractivity (Wildman–Crippen MR) is 138 cm³/mol. The molecule has 0 aromatic carbocycles. The number of unbranched alkanes of at least 4 members (excludes halogenated alkanes) is 9. The van der Waals surface area contributed by atoms with Crippen molar-refractivity contribution < 1.29 is 34.2 Å². The van der Waals surface area contributed by atoms with E-state index in [4.69, 9.17) is 0 Å². The van der Waals surface area contributed by atoms with Gasteiger partial charge < -0.3 is 20.1 Å². The largest absolute Gasteiger partial charge is 0.544 e. The summed E-state index contributed by atoms with van der Waals surface area (Å²) in [6.07, 6.45) is 14.7. The van der Waals surface area contributed by atoms with Crippen molar-refractivity contribution in [2.75, 3.05) is 6.54 Å². The van der Waals surface area contributed by atoms with Crippen molar-refractivity contribution in [3.8, 4) is 0 Å². The molecule has 0 radical (unpaired) electrons. The first-order valence-corrected chi connectivity index (χ1v) is 13.9. The normalized spacial score (nSPS) is 15.6. The van der Waals surface area contributed by atoms with Gasteiger partial charge in [-0.2, -0.15) is 0 Å². The van der Waals surface area contributed by atoms with Gasteiger partial charge in [0.1, 0.15) is 6.04 Å². The highest BCUT2D eigenvalue weighted by molar-refractivity contribution is 5.77. The molecule has 7 nitrogen and oxygen atoms in total. The number of aliphatic carboxylic acids is 3. The van der Waals surface area contributed by atoms with Gasteiger partial charge >= 0.3 is 11.9 Å². The summed E-state index contributed by atoms with van der Waals surface area (Å²) in [5.74, 6) is -3.57. The van der Waals surface area contributed by atoms with Crippen LogP contribution in [0.25, 0.3) is 0 Å². The summed E-state index contributed by atoms with van der Waals surface area (Å²) in [4.78, 5) is 37.3. The van der Waals surface area contributed by atoms with E-state index in [0.29, 0.717) is 25.7 Å². The van der Waals surface area contributed by atoms with Gasteiger partial charge in [-0.3, -0.25) is 4.48 Å². The maximum atomic E-state index is 12.5. The van der Waals surface area contributed by atoms with Crippen molar-refractivity contribution in [1.29, 1.82) is 0 Å². The standard InChI is InChI=1S/C28H51NO6/c1-5-9-10-11-12-13-14-15-16-17-18-22-29(23(19-6-2)26(30)31,24(20-7-3)27(32)33)25(21-8-4)28(34)35/h5,23-25H,1,6-22H2,2-4H3,(H2-,30,31,32,33,34,35). The van der Waals surface area contributed by atoms with Crippen LogP contribution in [0.1, 0.15) is 124 Å². The van der Waals surface area contributed by atoms with Gasteiger partial charge in [0.25, 0.3) is 0 Å². The highest BCUT2D eigenvalue weighted by atomic mass is 16.4. The molecule has 0 heterocycles. The van der Waals surface area contributed by atoms with Crippen LogP contribution in [-0.4, -0.2) is 57.3 Å². The molecule has 0 aromatic heterocycles. The molecule has 0 fully saturated rings. The topological polar surface area (TPSA) is 115 Å². The molecule has 0 saturated heterocycles. The average molecular weight is 498 g/mol. The smallest absolute Gasteiger partial charge is 0.362 e. The Morgan fingerprint density at radius 1 is 0.714 bits per heavy atom. The summed E-state index contributed by atoms with van der Waals surface area (Å²) in [5, 5.41) is 32.8. The van der Waals surface area contributed by atoms with E-state index in [0.717, 1.165) is 32.1 Å². The molecule has 0 saturated carbocycles. The Morgan fingerprint density at radius 3 is 1.43 bits per heavy atom. The second kappa shape index (κ2) is 19.3. The minimum atomic E-state index is -1.34. The van der Waals surface area contributed by atoms with Crippen LogP contribution in [-0.2, 0) is 14.4 Å². The van der Waals surface area contributed by atoms with E-state index < -0.39 is 40.5 Å². The summed E-state index contributed by atoms with van der Waals surface area (Å²) in [5.41, 5.74) is 0. The molecule has 7 heteroatoms. The van der Waals surface area contributed by atoms with Crippen LogP contribution in [0.3, 0.4) is 0 Å². The highest BCUT2D eigenvalue weighted by Gasteiger charge is 2.54. The highest BCUT2D eigenvalue weighted by Crippen LogP contribution is 2.34. The summed E-state index contributed by atoms with van der Waals surface area (Å²) in [6.45, 7) is 9.52. The van der Waals surface area contributed by atoms with Gasteiger partial charge in [0.05, 0.1) is 12.5 Å². The van der Waals surface area contributed by atoms with E-state index in [2.05, 4.69) is 6.58 Å². The minimum Gasteiger partial charge on any atom is -0.544 e. The number of allylic oxidation sites excluding steroid dienone is 1. The second-order valence-electron chi connectivity index (χ2n) is 9.89. The zero-order valence-corrected chi connectivity index (χ0v) is 22.5. The molecule has 3 unspecified atom stereocenters. The number of hydrogen-bond acceptors (Lipinski definition) is 4. The lowest BCUT2D eigenvalue weighted by Crippen LogP contribution is -2.74. The maximum absolute atomic E-state index is 12.5. The van der Waals surface area contributed by atoms with Gasteiger partial charge in [0.2, 0.25) is 0 Å². The first-order chi connectivity index (χ1) is 16.7. The van der Waals surface area contributed by atoms with Gasteiger partial charge in [-0.05, 0) is 38.5 Å². The molecular formula is C28H51NO6. The molecule has 0 bridgehead atoms. The van der Waals surface area contributed by atoms with Crippen molar-refractivity contribution in [2.45, 2.75) is 142 Å². The molecule has 0 rings (SSSR count). The van der Waals surface area contributed by atoms with Crippen LogP contribution in [0, 0.1) is 0 Å². The van der Waals surface area contributed by atoms with Crippen molar-refractivity contribution >= 4 is 17.9 Å². The maximum Gasteiger partial charge on any atom is 0.362 e. The third-order valence-electron chi connectivity index (χ3n) is 7.22. The van der Waals surface area contributed by atoms with Crippen LogP contribution in [0.15, 0.2) is 12.7 Å². The van der Waals surface area contributed by atoms with Crippen molar-refractivity contribution in [3.05, 3.63) is 12.7 Å². The van der Waals surface area contributed by atoms with Crippen LogP contribution < -0.4 is 5.11 Å². The Balaban J connectivity index is 5.67. The van der Waals surface area contributed by atoms with Crippen LogP contribution >= 0.6 is 0 Å². The number of hydrogen-bond donors (Lipinski definition) is 2. The Morgan fingerprint density at radius 2 is 1.09 bits per heavy atom. The lowest BCUT2D eigenvalue weighted by Gasteiger charge is -2.52. The predicted octanol–water partition coefficient (Wildman–Crippen LogP) is 5.32. The molecule has 0 aliphatic heterocycles. The summed E-state index contributed by atoms with van der Waals surface area (Å²) >= 11 is 0. The third kappa shape index (κ3) is 11.1. The minimum absolute atomic E-state index is 0.204. The molecular weight excluding hydrogens is 446 g/mol. The Kier molecular flexibility index (Phi) is 18.3. The zero-order valence-electron chi connectivity index (χ0n) is 22.5. The zero-order chi connectivity index (χ0) is 26.7. The number of carboxylic acid groups (broad SMARTS) is 3. The Hall–Kier alpha value is -1.89. The number of carbonyl (C=O) groups is 3. The number of carbonyl (C=O) groups excluding carboxylic acids is 1. The first kappa shape index (κ1) is 33.1. The van der Waals surface area contributed by atoms with Crippen molar-refractivity contribution in [2.24, 2.45) is 0 Å². The van der Waals surface area contributed by atoms with Crippen LogP contribution in [0.4, 0.5) is 0 Å². The van der Waals surface area contributed by atoms with E-state index >= 15 is 0 Å². The number of carboxylic acids is 3.